The van der Waals surface area contributed by atoms with Gasteiger partial charge in [0.1, 0.15) is 18.0 Å². The first-order valence-corrected chi connectivity index (χ1v) is 12.5. The van der Waals surface area contributed by atoms with Crippen molar-refractivity contribution < 1.29 is 19.0 Å². The number of methoxy groups -OCH3 is 1. The first kappa shape index (κ1) is 27.1. The predicted molar refractivity (Wildman–Crippen MR) is 147 cm³/mol. The van der Waals surface area contributed by atoms with Crippen LogP contribution in [-0.4, -0.2) is 44.9 Å². The van der Waals surface area contributed by atoms with E-state index in [1.54, 1.807) is 30.4 Å². The van der Waals surface area contributed by atoms with Gasteiger partial charge in [0, 0.05) is 55.2 Å². The van der Waals surface area contributed by atoms with Crippen LogP contribution in [0.4, 0.5) is 4.79 Å². The van der Waals surface area contributed by atoms with E-state index in [1.807, 2.05) is 84.3 Å². The van der Waals surface area contributed by atoms with Gasteiger partial charge in [-0.3, -0.25) is 4.68 Å². The van der Waals surface area contributed by atoms with Crippen LogP contribution in [0.2, 0.25) is 0 Å². The van der Waals surface area contributed by atoms with Crippen LogP contribution >= 0.6 is 0 Å². The first-order chi connectivity index (χ1) is 18.0. The van der Waals surface area contributed by atoms with E-state index in [0.717, 1.165) is 27.6 Å². The summed E-state index contributed by atoms with van der Waals surface area (Å²) in [6, 6.07) is 11.8. The van der Waals surface area contributed by atoms with Crippen LogP contribution in [-0.2, 0) is 26.9 Å². The molecule has 0 bridgehead atoms. The number of nitrogens with zero attached hydrogens (tertiary/aromatic N) is 4. The summed E-state index contributed by atoms with van der Waals surface area (Å²) >= 11 is 0. The summed E-state index contributed by atoms with van der Waals surface area (Å²) in [5.74, 6) is 6.44. The molecule has 0 fully saturated rings. The molecule has 1 aromatic carbocycles. The Bertz CT molecular complexity index is 1490. The fraction of sp³-hybridized carbons (Fsp3) is 0.367. The van der Waals surface area contributed by atoms with Crippen LogP contribution in [0.1, 0.15) is 51.7 Å². The fourth-order valence-electron chi connectivity index (χ4n) is 4.10. The average molecular weight is 515 g/mol. The van der Waals surface area contributed by atoms with E-state index in [0.29, 0.717) is 5.65 Å². The van der Waals surface area contributed by atoms with Gasteiger partial charge in [0.05, 0.1) is 6.20 Å². The highest BCUT2D eigenvalue weighted by Gasteiger charge is 2.27. The molecule has 0 radical (unpaired) electrons. The topological polar surface area (TPSA) is 80.4 Å². The summed E-state index contributed by atoms with van der Waals surface area (Å²) in [6.07, 6.45) is 6.73. The smallest absolute Gasteiger partial charge is 0.420 e. The molecular weight excluding hydrogens is 480 g/mol. The van der Waals surface area contributed by atoms with Crippen molar-refractivity contribution in [3.05, 3.63) is 72.3 Å². The Hall–Kier alpha value is -3.93. The standard InChI is InChI=1S/C30H34N4O4/c1-21(13-14-30(5,37-20-36-7)24-11-9-8-10-12-24)26-19-34(28(35)38-29(2,3)4)27-25(26)15-22(16-31-27)23-17-32-33(6)18-23/h8-12,15-19,21H,20H2,1-7H3. The van der Waals surface area contributed by atoms with Gasteiger partial charge >= 0.3 is 6.09 Å². The second-order valence-electron chi connectivity index (χ2n) is 10.4. The zero-order valence-corrected chi connectivity index (χ0v) is 23.0. The second-order valence-corrected chi connectivity index (χ2v) is 10.4. The molecule has 0 saturated carbocycles. The molecule has 8 heteroatoms. The highest BCUT2D eigenvalue weighted by Crippen LogP contribution is 2.32. The molecule has 4 aromatic rings. The number of fused-ring (bicyclic) bond motifs is 1. The maximum atomic E-state index is 13.1. The Morgan fingerprint density at radius 3 is 2.45 bits per heavy atom. The predicted octanol–water partition coefficient (Wildman–Crippen LogP) is 5.86. The molecule has 0 aliphatic carbocycles. The summed E-state index contributed by atoms with van der Waals surface area (Å²) in [5, 5.41) is 5.09. The van der Waals surface area contributed by atoms with Crippen molar-refractivity contribution in [3.8, 4) is 23.0 Å². The van der Waals surface area contributed by atoms with E-state index in [9.17, 15) is 4.79 Å². The summed E-state index contributed by atoms with van der Waals surface area (Å²) in [4.78, 5) is 17.8. The van der Waals surface area contributed by atoms with Crippen molar-refractivity contribution in [3.63, 3.8) is 0 Å². The van der Waals surface area contributed by atoms with Crippen LogP contribution < -0.4 is 0 Å². The van der Waals surface area contributed by atoms with Gasteiger partial charge in [-0.05, 0) is 51.8 Å². The largest absolute Gasteiger partial charge is 0.443 e. The third kappa shape index (κ3) is 5.96. The quantitative estimate of drug-likeness (QED) is 0.237. The molecule has 3 heterocycles. The lowest BCUT2D eigenvalue weighted by Crippen LogP contribution is -2.26. The van der Waals surface area contributed by atoms with Gasteiger partial charge < -0.3 is 14.2 Å². The molecule has 0 aliphatic rings. The number of rotatable bonds is 6. The normalized spacial score (nSPS) is 14.0. The molecule has 198 valence electrons. The lowest BCUT2D eigenvalue weighted by Gasteiger charge is -2.24. The summed E-state index contributed by atoms with van der Waals surface area (Å²) in [5.41, 5.74) is 2.59. The van der Waals surface area contributed by atoms with Gasteiger partial charge in [0.15, 0.2) is 5.60 Å². The first-order valence-electron chi connectivity index (χ1n) is 12.5. The molecule has 0 aliphatic heterocycles. The van der Waals surface area contributed by atoms with Gasteiger partial charge in [0.25, 0.3) is 0 Å². The number of carbonyl (C=O) groups excluding carboxylic acids is 1. The number of pyridine rings is 1. The molecule has 4 rings (SSSR count). The molecule has 2 atom stereocenters. The van der Waals surface area contributed by atoms with Crippen molar-refractivity contribution in [2.75, 3.05) is 13.9 Å². The number of aromatic nitrogens is 4. The number of carbonyl (C=O) groups is 1. The third-order valence-electron chi connectivity index (χ3n) is 6.09. The minimum Gasteiger partial charge on any atom is -0.443 e. The number of hydrogen-bond acceptors (Lipinski definition) is 6. The highest BCUT2D eigenvalue weighted by molar-refractivity contribution is 5.92. The van der Waals surface area contributed by atoms with Crippen LogP contribution in [0.15, 0.2) is 61.2 Å². The lowest BCUT2D eigenvalue weighted by molar-refractivity contribution is -0.0990. The monoisotopic (exact) mass is 514 g/mol. The van der Waals surface area contributed by atoms with Crippen molar-refractivity contribution in [1.29, 1.82) is 0 Å². The Labute approximate surface area is 223 Å². The molecule has 0 saturated heterocycles. The lowest BCUT2D eigenvalue weighted by atomic mass is 9.94. The molecule has 0 N–H and O–H groups in total. The van der Waals surface area contributed by atoms with Crippen LogP contribution in [0.3, 0.4) is 0 Å². The molecule has 3 aromatic heterocycles. The number of hydrogen-bond donors (Lipinski definition) is 0. The maximum absolute atomic E-state index is 13.1. The SMILES string of the molecule is COCOC(C)(C#CC(C)c1cn(C(=O)OC(C)(C)C)c2ncc(-c3cnn(C)c3)cc12)c1ccccc1. The fourth-order valence-corrected chi connectivity index (χ4v) is 4.10. The second kappa shape index (κ2) is 10.8. The average Bonchev–Trinajstić information content (AvgIpc) is 3.49. The van der Waals surface area contributed by atoms with Crippen LogP contribution in [0, 0.1) is 11.8 Å². The number of ether oxygens (including phenoxy) is 3. The van der Waals surface area contributed by atoms with Gasteiger partial charge in [-0.15, -0.1) is 0 Å². The van der Waals surface area contributed by atoms with Crippen molar-refractivity contribution in [1.82, 2.24) is 19.3 Å². The third-order valence-corrected chi connectivity index (χ3v) is 6.09. The summed E-state index contributed by atoms with van der Waals surface area (Å²) in [6.45, 7) is 9.54. The number of benzene rings is 1. The van der Waals surface area contributed by atoms with E-state index >= 15 is 0 Å². The van der Waals surface area contributed by atoms with E-state index in [4.69, 9.17) is 14.2 Å². The van der Waals surface area contributed by atoms with Crippen LogP contribution in [0.5, 0.6) is 0 Å². The molecular formula is C30H34N4O4. The minimum atomic E-state index is -0.881. The summed E-state index contributed by atoms with van der Waals surface area (Å²) < 4.78 is 20.1. The molecule has 0 amide bonds. The van der Waals surface area contributed by atoms with Gasteiger partial charge in [0.2, 0.25) is 0 Å². The Balaban J connectivity index is 1.81. The molecule has 8 nitrogen and oxygen atoms in total. The molecule has 2 unspecified atom stereocenters. The van der Waals surface area contributed by atoms with Gasteiger partial charge in [-0.25, -0.2) is 14.3 Å². The van der Waals surface area contributed by atoms with E-state index in [1.165, 1.54) is 4.57 Å². The Morgan fingerprint density at radius 2 is 1.82 bits per heavy atom. The highest BCUT2D eigenvalue weighted by atomic mass is 16.7. The summed E-state index contributed by atoms with van der Waals surface area (Å²) in [7, 11) is 3.45. The van der Waals surface area contributed by atoms with Crippen LogP contribution in [0.25, 0.3) is 22.2 Å². The van der Waals surface area contributed by atoms with E-state index in [-0.39, 0.29) is 12.7 Å². The van der Waals surface area contributed by atoms with Gasteiger partial charge in [-0.2, -0.15) is 5.10 Å². The van der Waals surface area contributed by atoms with Crippen molar-refractivity contribution in [2.24, 2.45) is 7.05 Å². The zero-order chi connectivity index (χ0) is 27.5. The number of aryl methyl sites for hydroxylation is 1. The maximum Gasteiger partial charge on any atom is 0.420 e. The van der Waals surface area contributed by atoms with Crippen molar-refractivity contribution >= 4 is 17.1 Å². The van der Waals surface area contributed by atoms with Crippen molar-refractivity contribution in [2.45, 2.75) is 51.7 Å². The minimum absolute atomic E-state index is 0.102. The molecule has 38 heavy (non-hydrogen) atoms. The van der Waals surface area contributed by atoms with E-state index in [2.05, 4.69) is 21.9 Å². The van der Waals surface area contributed by atoms with Gasteiger partial charge in [-0.1, -0.05) is 42.2 Å². The molecule has 0 spiro atoms. The Kier molecular flexibility index (Phi) is 7.72. The van der Waals surface area contributed by atoms with E-state index < -0.39 is 17.3 Å². The Morgan fingerprint density at radius 1 is 1.08 bits per heavy atom. The zero-order valence-electron chi connectivity index (χ0n) is 23.0.